The molecular formula is C29H29NO7. The van der Waals surface area contributed by atoms with Gasteiger partial charge in [0, 0.05) is 0 Å². The third kappa shape index (κ3) is 8.15. The Labute approximate surface area is 215 Å². The molecule has 1 unspecified atom stereocenters. The number of aliphatic hydroxyl groups excluding tert-OH is 1. The highest BCUT2D eigenvalue weighted by atomic mass is 16.7. The van der Waals surface area contributed by atoms with Crippen LogP contribution < -0.4 is 9.47 Å². The summed E-state index contributed by atoms with van der Waals surface area (Å²) in [5.74, 6) is 0.106. The van der Waals surface area contributed by atoms with Gasteiger partial charge >= 0.3 is 11.9 Å². The van der Waals surface area contributed by atoms with Gasteiger partial charge in [-0.25, -0.2) is 14.7 Å². The highest BCUT2D eigenvalue weighted by Gasteiger charge is 2.20. The first-order chi connectivity index (χ1) is 17.8. The lowest BCUT2D eigenvalue weighted by atomic mass is 10.1. The maximum absolute atomic E-state index is 12.8. The van der Waals surface area contributed by atoms with E-state index in [1.807, 2.05) is 37.3 Å². The Bertz CT molecular complexity index is 1250. The number of benzene rings is 3. The molecule has 0 bridgehead atoms. The molecule has 0 radical (unpaired) electrons. The first-order valence-electron chi connectivity index (χ1n) is 11.7. The van der Waals surface area contributed by atoms with E-state index in [-0.39, 0.29) is 24.7 Å². The summed E-state index contributed by atoms with van der Waals surface area (Å²) in [5, 5.41) is 12.0. The van der Waals surface area contributed by atoms with Crippen LogP contribution in [0.3, 0.4) is 0 Å². The molecule has 0 fully saturated rings. The smallest absolute Gasteiger partial charge is 0.343 e. The summed E-state index contributed by atoms with van der Waals surface area (Å²) in [4.78, 5) is 41.6. The topological polar surface area (TPSA) is 102 Å². The molecular weight excluding hydrogens is 474 g/mol. The maximum atomic E-state index is 12.8. The average molecular weight is 504 g/mol. The first-order valence-corrected chi connectivity index (χ1v) is 11.7. The number of aryl methyl sites for hydroxylation is 1. The molecule has 0 saturated carbocycles. The van der Waals surface area contributed by atoms with Crippen molar-refractivity contribution in [2.45, 2.75) is 33.5 Å². The van der Waals surface area contributed by atoms with E-state index in [0.717, 1.165) is 17.3 Å². The number of hydroxylamine groups is 2. The second kappa shape index (κ2) is 13.2. The number of carbonyl (C=O) groups excluding carboxylic acids is 3. The molecule has 0 saturated heterocycles. The number of esters is 2. The van der Waals surface area contributed by atoms with Gasteiger partial charge in [-0.2, -0.15) is 0 Å². The molecule has 0 amide bonds. The molecule has 8 heteroatoms. The SMILES string of the molecule is Cc1ccc(C(=O)Oc2cc(C(O)CN(C=C=O)OCc3ccccc3)ccc2OC(=O)C(C)C)cc1. The second-order valence-corrected chi connectivity index (χ2v) is 8.66. The second-order valence-electron chi connectivity index (χ2n) is 8.66. The summed E-state index contributed by atoms with van der Waals surface area (Å²) in [7, 11) is 0. The predicted octanol–water partition coefficient (Wildman–Crippen LogP) is 4.59. The molecule has 0 spiro atoms. The largest absolute Gasteiger partial charge is 0.422 e. The van der Waals surface area contributed by atoms with E-state index in [9.17, 15) is 19.5 Å². The summed E-state index contributed by atoms with van der Waals surface area (Å²) < 4.78 is 11.0. The normalized spacial score (nSPS) is 11.4. The lowest BCUT2D eigenvalue weighted by molar-refractivity contribution is -0.146. The lowest BCUT2D eigenvalue weighted by Gasteiger charge is -2.22. The van der Waals surface area contributed by atoms with Crippen molar-refractivity contribution in [3.63, 3.8) is 0 Å². The fourth-order valence-electron chi connectivity index (χ4n) is 3.18. The summed E-state index contributed by atoms with van der Waals surface area (Å²) in [5.41, 5.74) is 2.53. The predicted molar refractivity (Wildman–Crippen MR) is 136 cm³/mol. The number of hydrogen-bond acceptors (Lipinski definition) is 8. The Morgan fingerprint density at radius 3 is 2.32 bits per heavy atom. The minimum Gasteiger partial charge on any atom is -0.422 e. The third-order valence-corrected chi connectivity index (χ3v) is 5.31. The van der Waals surface area contributed by atoms with Gasteiger partial charge in [-0.1, -0.05) is 67.9 Å². The van der Waals surface area contributed by atoms with E-state index in [1.54, 1.807) is 44.1 Å². The fourth-order valence-corrected chi connectivity index (χ4v) is 3.18. The molecule has 3 aromatic carbocycles. The molecule has 0 aromatic heterocycles. The van der Waals surface area contributed by atoms with E-state index in [4.69, 9.17) is 14.3 Å². The van der Waals surface area contributed by atoms with Crippen LogP contribution in [0, 0.1) is 12.8 Å². The zero-order valence-corrected chi connectivity index (χ0v) is 20.9. The molecule has 192 valence electrons. The lowest BCUT2D eigenvalue weighted by Crippen LogP contribution is -2.24. The average Bonchev–Trinajstić information content (AvgIpc) is 2.89. The molecule has 3 aromatic rings. The van der Waals surface area contributed by atoms with Crippen molar-refractivity contribution in [3.05, 3.63) is 101 Å². The van der Waals surface area contributed by atoms with Crippen molar-refractivity contribution in [2.75, 3.05) is 6.54 Å². The number of ether oxygens (including phenoxy) is 2. The van der Waals surface area contributed by atoms with Crippen LogP contribution in [0.4, 0.5) is 0 Å². The van der Waals surface area contributed by atoms with E-state index < -0.39 is 24.0 Å². The summed E-state index contributed by atoms with van der Waals surface area (Å²) in [6, 6.07) is 20.5. The minimum atomic E-state index is -1.15. The van der Waals surface area contributed by atoms with Crippen LogP contribution in [0.2, 0.25) is 0 Å². The molecule has 1 N–H and O–H groups in total. The zero-order chi connectivity index (χ0) is 26.8. The van der Waals surface area contributed by atoms with E-state index >= 15 is 0 Å². The molecule has 0 heterocycles. The van der Waals surface area contributed by atoms with Crippen LogP contribution in [0.1, 0.15) is 47.0 Å². The van der Waals surface area contributed by atoms with Gasteiger partial charge in [0.2, 0.25) is 0 Å². The van der Waals surface area contributed by atoms with Gasteiger partial charge in [-0.3, -0.25) is 9.63 Å². The first kappa shape index (κ1) is 27.4. The van der Waals surface area contributed by atoms with Crippen molar-refractivity contribution in [3.8, 4) is 11.5 Å². The molecule has 0 aliphatic rings. The summed E-state index contributed by atoms with van der Waals surface area (Å²) in [6.07, 6.45) is -0.101. The van der Waals surface area contributed by atoms with Crippen molar-refractivity contribution < 1.29 is 33.8 Å². The molecule has 0 aliphatic heterocycles. The number of hydrogen-bond donors (Lipinski definition) is 1. The summed E-state index contributed by atoms with van der Waals surface area (Å²) in [6.45, 7) is 5.33. The quantitative estimate of drug-likeness (QED) is 0.175. The molecule has 8 nitrogen and oxygen atoms in total. The number of rotatable bonds is 11. The fraction of sp³-hybridized carbons (Fsp3) is 0.241. The number of carbonyl (C=O) groups is 2. The van der Waals surface area contributed by atoms with Gasteiger partial charge < -0.3 is 14.6 Å². The van der Waals surface area contributed by atoms with E-state index in [2.05, 4.69) is 0 Å². The van der Waals surface area contributed by atoms with Gasteiger partial charge in [-0.15, -0.1) is 0 Å². The van der Waals surface area contributed by atoms with Crippen molar-refractivity contribution >= 4 is 17.9 Å². The van der Waals surface area contributed by atoms with E-state index in [1.165, 1.54) is 23.3 Å². The van der Waals surface area contributed by atoms with Crippen LogP contribution in [0.5, 0.6) is 11.5 Å². The van der Waals surface area contributed by atoms with Crippen LogP contribution in [-0.2, 0) is 21.0 Å². The van der Waals surface area contributed by atoms with Crippen molar-refractivity contribution in [1.82, 2.24) is 5.06 Å². The molecule has 37 heavy (non-hydrogen) atoms. The highest BCUT2D eigenvalue weighted by Crippen LogP contribution is 2.32. The zero-order valence-electron chi connectivity index (χ0n) is 20.9. The van der Waals surface area contributed by atoms with Gasteiger partial charge in [-0.05, 0) is 42.3 Å². The molecule has 3 rings (SSSR count). The Hall–Kier alpha value is -4.23. The van der Waals surface area contributed by atoms with Crippen LogP contribution in [0.15, 0.2) is 79.0 Å². The molecule has 1 atom stereocenters. The van der Waals surface area contributed by atoms with E-state index in [0.29, 0.717) is 11.1 Å². The molecule has 0 aliphatic carbocycles. The standard InChI is InChI=1S/C29H29NO7/c1-20(2)28(33)36-26-14-13-24(17-27(26)37-29(34)23-11-9-21(3)10-12-23)25(32)18-30(15-16-31)35-19-22-7-5-4-6-8-22/h4-15,17,20,25,32H,18-19H2,1-3H3. The number of aliphatic hydroxyl groups is 1. The Morgan fingerprint density at radius 1 is 0.973 bits per heavy atom. The van der Waals surface area contributed by atoms with Gasteiger partial charge in [0.05, 0.1) is 30.7 Å². The number of nitrogens with zero attached hydrogens (tertiary/aromatic N) is 1. The Kier molecular flexibility index (Phi) is 9.75. The van der Waals surface area contributed by atoms with Crippen LogP contribution in [0.25, 0.3) is 0 Å². The van der Waals surface area contributed by atoms with Crippen LogP contribution >= 0.6 is 0 Å². The third-order valence-electron chi connectivity index (χ3n) is 5.31. The van der Waals surface area contributed by atoms with Gasteiger partial charge in [0.1, 0.15) is 12.1 Å². The Morgan fingerprint density at radius 2 is 1.68 bits per heavy atom. The van der Waals surface area contributed by atoms with Gasteiger partial charge in [0.25, 0.3) is 0 Å². The maximum Gasteiger partial charge on any atom is 0.343 e. The van der Waals surface area contributed by atoms with Crippen molar-refractivity contribution in [2.24, 2.45) is 5.92 Å². The summed E-state index contributed by atoms with van der Waals surface area (Å²) >= 11 is 0. The Balaban J connectivity index is 1.81. The van der Waals surface area contributed by atoms with Crippen molar-refractivity contribution in [1.29, 1.82) is 0 Å². The van der Waals surface area contributed by atoms with Crippen LogP contribution in [-0.4, -0.2) is 34.6 Å². The van der Waals surface area contributed by atoms with Gasteiger partial charge in [0.15, 0.2) is 11.5 Å². The highest BCUT2D eigenvalue weighted by molar-refractivity contribution is 5.91. The minimum absolute atomic E-state index is 0.0289. The monoisotopic (exact) mass is 503 g/mol.